The molecule has 20 heavy (non-hydrogen) atoms. The molecule has 3 N–H and O–H groups in total. The predicted octanol–water partition coefficient (Wildman–Crippen LogP) is 2.69. The maximum atomic E-state index is 12.2. The lowest BCUT2D eigenvalue weighted by Gasteiger charge is -2.40. The van der Waals surface area contributed by atoms with E-state index in [2.05, 4.69) is 10.3 Å². The van der Waals surface area contributed by atoms with Crippen molar-refractivity contribution in [1.82, 2.24) is 4.98 Å². The molecule has 1 aliphatic carbocycles. The number of rotatable bonds is 4. The summed E-state index contributed by atoms with van der Waals surface area (Å²) in [5, 5.41) is 5.07. The number of fused-ring (bicyclic) bond motifs is 1. The first-order valence-corrected chi connectivity index (χ1v) is 7.05. The lowest BCUT2D eigenvalue weighted by atomic mass is 9.66. The van der Waals surface area contributed by atoms with Gasteiger partial charge in [0.25, 0.3) is 0 Å². The molecule has 1 amide bonds. The summed E-state index contributed by atoms with van der Waals surface area (Å²) in [7, 11) is 0. The summed E-state index contributed by atoms with van der Waals surface area (Å²) in [6, 6.07) is 7.77. The van der Waals surface area contributed by atoms with Crippen LogP contribution in [0.3, 0.4) is 0 Å². The normalized spacial score (nSPS) is 16.6. The van der Waals surface area contributed by atoms with Gasteiger partial charge in [0.2, 0.25) is 5.91 Å². The van der Waals surface area contributed by atoms with Crippen molar-refractivity contribution in [2.45, 2.75) is 25.7 Å². The Hall–Kier alpha value is -1.94. The standard InChI is InChI=1S/C16H19N3O/c17-11-16(6-2-7-16)9-15(20)19-14-4-1-3-12-10-18-8-5-13(12)14/h1,3-5,8,10H,2,6-7,9,11,17H2,(H,19,20). The van der Waals surface area contributed by atoms with Crippen molar-refractivity contribution in [3.8, 4) is 0 Å². The van der Waals surface area contributed by atoms with Crippen molar-refractivity contribution >= 4 is 22.4 Å². The van der Waals surface area contributed by atoms with Crippen molar-refractivity contribution in [1.29, 1.82) is 0 Å². The monoisotopic (exact) mass is 269 g/mol. The van der Waals surface area contributed by atoms with Crippen LogP contribution < -0.4 is 11.1 Å². The maximum absolute atomic E-state index is 12.2. The second-order valence-corrected chi connectivity index (χ2v) is 5.69. The van der Waals surface area contributed by atoms with E-state index in [4.69, 9.17) is 5.73 Å². The minimum absolute atomic E-state index is 0.0379. The summed E-state index contributed by atoms with van der Waals surface area (Å²) >= 11 is 0. The quantitative estimate of drug-likeness (QED) is 0.896. The third-order valence-corrected chi connectivity index (χ3v) is 4.34. The van der Waals surface area contributed by atoms with Crippen LogP contribution >= 0.6 is 0 Å². The molecule has 0 spiro atoms. The molecule has 104 valence electrons. The summed E-state index contributed by atoms with van der Waals surface area (Å²) in [4.78, 5) is 16.3. The lowest BCUT2D eigenvalue weighted by molar-refractivity contribution is -0.119. The molecule has 0 radical (unpaired) electrons. The number of nitrogens with one attached hydrogen (secondary N) is 1. The number of pyridine rings is 1. The van der Waals surface area contributed by atoms with E-state index in [1.807, 2.05) is 24.3 Å². The molecule has 1 fully saturated rings. The Balaban J connectivity index is 1.77. The molecule has 1 heterocycles. The average Bonchev–Trinajstić information content (AvgIpc) is 2.43. The van der Waals surface area contributed by atoms with Crippen LogP contribution in [0.4, 0.5) is 5.69 Å². The van der Waals surface area contributed by atoms with Crippen LogP contribution in [-0.4, -0.2) is 17.4 Å². The SMILES string of the molecule is NCC1(CC(=O)Nc2cccc3cnccc23)CCC1. The van der Waals surface area contributed by atoms with Gasteiger partial charge in [-0.25, -0.2) is 0 Å². The molecule has 0 bridgehead atoms. The summed E-state index contributed by atoms with van der Waals surface area (Å²) in [5.41, 5.74) is 6.70. The zero-order chi connectivity index (χ0) is 14.0. The van der Waals surface area contributed by atoms with Gasteiger partial charge in [0.15, 0.2) is 0 Å². The highest BCUT2D eigenvalue weighted by molar-refractivity contribution is 6.01. The van der Waals surface area contributed by atoms with Gasteiger partial charge in [-0.3, -0.25) is 9.78 Å². The van der Waals surface area contributed by atoms with Crippen molar-refractivity contribution in [2.24, 2.45) is 11.1 Å². The highest BCUT2D eigenvalue weighted by atomic mass is 16.1. The number of amides is 1. The molecule has 3 rings (SSSR count). The minimum Gasteiger partial charge on any atom is -0.330 e. The third-order valence-electron chi connectivity index (χ3n) is 4.34. The highest BCUT2D eigenvalue weighted by Gasteiger charge is 2.37. The van der Waals surface area contributed by atoms with Gasteiger partial charge in [0.05, 0.1) is 0 Å². The van der Waals surface area contributed by atoms with Crippen LogP contribution in [0.2, 0.25) is 0 Å². The molecule has 1 aromatic heterocycles. The van der Waals surface area contributed by atoms with E-state index in [1.165, 1.54) is 6.42 Å². The first kappa shape index (κ1) is 13.1. The second-order valence-electron chi connectivity index (χ2n) is 5.69. The number of anilines is 1. The fourth-order valence-corrected chi connectivity index (χ4v) is 2.90. The molecule has 2 aromatic rings. The zero-order valence-electron chi connectivity index (χ0n) is 11.4. The molecule has 0 unspecified atom stereocenters. The molecule has 4 heteroatoms. The Bertz CT molecular complexity index is 624. The molecular weight excluding hydrogens is 250 g/mol. The van der Waals surface area contributed by atoms with E-state index in [1.54, 1.807) is 12.4 Å². The van der Waals surface area contributed by atoms with Gasteiger partial charge < -0.3 is 11.1 Å². The average molecular weight is 269 g/mol. The molecule has 4 nitrogen and oxygen atoms in total. The van der Waals surface area contributed by atoms with Gasteiger partial charge in [-0.05, 0) is 36.9 Å². The largest absolute Gasteiger partial charge is 0.330 e. The Morgan fingerprint density at radius 1 is 1.35 bits per heavy atom. The number of hydrogen-bond acceptors (Lipinski definition) is 3. The van der Waals surface area contributed by atoms with Crippen LogP contribution in [0.25, 0.3) is 10.8 Å². The Labute approximate surface area is 118 Å². The topological polar surface area (TPSA) is 68.0 Å². The minimum atomic E-state index is 0.0379. The Morgan fingerprint density at radius 3 is 2.90 bits per heavy atom. The molecular formula is C16H19N3O. The summed E-state index contributed by atoms with van der Waals surface area (Å²) in [6.45, 7) is 0.597. The van der Waals surface area contributed by atoms with Crippen molar-refractivity contribution in [3.63, 3.8) is 0 Å². The highest BCUT2D eigenvalue weighted by Crippen LogP contribution is 2.43. The number of nitrogens with zero attached hydrogens (tertiary/aromatic N) is 1. The molecule has 0 atom stereocenters. The smallest absolute Gasteiger partial charge is 0.224 e. The molecule has 1 aliphatic rings. The van der Waals surface area contributed by atoms with E-state index in [0.717, 1.165) is 29.3 Å². The number of hydrogen-bond donors (Lipinski definition) is 2. The summed E-state index contributed by atoms with van der Waals surface area (Å²) < 4.78 is 0. The van der Waals surface area contributed by atoms with Crippen LogP contribution in [-0.2, 0) is 4.79 Å². The Morgan fingerprint density at radius 2 is 2.20 bits per heavy atom. The number of benzene rings is 1. The second kappa shape index (κ2) is 5.21. The molecule has 1 saturated carbocycles. The predicted molar refractivity (Wildman–Crippen MR) is 80.3 cm³/mol. The van der Waals surface area contributed by atoms with Crippen LogP contribution in [0, 0.1) is 5.41 Å². The fraction of sp³-hybridized carbons (Fsp3) is 0.375. The number of aromatic nitrogens is 1. The third kappa shape index (κ3) is 2.39. The van der Waals surface area contributed by atoms with Crippen molar-refractivity contribution < 1.29 is 4.79 Å². The van der Waals surface area contributed by atoms with E-state index in [9.17, 15) is 4.79 Å². The van der Waals surface area contributed by atoms with Gasteiger partial charge in [0.1, 0.15) is 0 Å². The lowest BCUT2D eigenvalue weighted by Crippen LogP contribution is -2.40. The van der Waals surface area contributed by atoms with Gasteiger partial charge in [-0.15, -0.1) is 0 Å². The van der Waals surface area contributed by atoms with Gasteiger partial charge in [0, 0.05) is 35.3 Å². The van der Waals surface area contributed by atoms with Gasteiger partial charge in [-0.1, -0.05) is 18.6 Å². The molecule has 0 aliphatic heterocycles. The summed E-state index contributed by atoms with van der Waals surface area (Å²) in [5.74, 6) is 0.0551. The van der Waals surface area contributed by atoms with E-state index < -0.39 is 0 Å². The zero-order valence-corrected chi connectivity index (χ0v) is 11.4. The first-order chi connectivity index (χ1) is 9.72. The van der Waals surface area contributed by atoms with Crippen molar-refractivity contribution in [2.75, 3.05) is 11.9 Å². The first-order valence-electron chi connectivity index (χ1n) is 7.05. The summed E-state index contributed by atoms with van der Waals surface area (Å²) in [6.07, 6.45) is 7.38. The van der Waals surface area contributed by atoms with Gasteiger partial charge in [-0.2, -0.15) is 0 Å². The Kier molecular flexibility index (Phi) is 3.40. The van der Waals surface area contributed by atoms with Gasteiger partial charge >= 0.3 is 0 Å². The molecule has 0 saturated heterocycles. The molecule has 1 aromatic carbocycles. The van der Waals surface area contributed by atoms with Crippen molar-refractivity contribution in [3.05, 3.63) is 36.7 Å². The van der Waals surface area contributed by atoms with Crippen LogP contribution in [0.5, 0.6) is 0 Å². The van der Waals surface area contributed by atoms with E-state index >= 15 is 0 Å². The number of carbonyl (C=O) groups is 1. The van der Waals surface area contributed by atoms with Crippen LogP contribution in [0.1, 0.15) is 25.7 Å². The number of carbonyl (C=O) groups excluding carboxylic acids is 1. The fourth-order valence-electron chi connectivity index (χ4n) is 2.90. The van der Waals surface area contributed by atoms with E-state index in [-0.39, 0.29) is 11.3 Å². The van der Waals surface area contributed by atoms with E-state index in [0.29, 0.717) is 13.0 Å². The van der Waals surface area contributed by atoms with Crippen LogP contribution in [0.15, 0.2) is 36.7 Å². The number of nitrogens with two attached hydrogens (primary N) is 1. The maximum Gasteiger partial charge on any atom is 0.224 e.